The molecular formula is C11H12NO3. The molecule has 0 aliphatic carbocycles. The minimum Gasteiger partial charge on any atom is -0.449 e. The molecule has 0 saturated carbocycles. The van der Waals surface area contributed by atoms with Crippen LogP contribution >= 0.6 is 0 Å². The number of benzene rings is 1. The fourth-order valence-electron chi connectivity index (χ4n) is 1.07. The number of hydrogen-bond acceptors (Lipinski definition) is 3. The predicted octanol–water partition coefficient (Wildman–Crippen LogP) is 1.06. The van der Waals surface area contributed by atoms with E-state index >= 15 is 0 Å². The highest BCUT2D eigenvalue weighted by atomic mass is 16.5. The Kier molecular flexibility index (Phi) is 4.94. The molecule has 1 rings (SSSR count). The van der Waals surface area contributed by atoms with Crippen molar-refractivity contribution in [1.82, 2.24) is 5.32 Å². The molecule has 0 atom stereocenters. The predicted molar refractivity (Wildman–Crippen MR) is 55.2 cm³/mol. The summed E-state index contributed by atoms with van der Waals surface area (Å²) in [6, 6.07) is 9.70. The smallest absolute Gasteiger partial charge is 0.407 e. The van der Waals surface area contributed by atoms with E-state index in [0.29, 0.717) is 13.0 Å². The first kappa shape index (κ1) is 11.2. The fraction of sp³-hybridized carbons (Fsp3) is 0.273. The minimum atomic E-state index is -0.589. The first-order valence-electron chi connectivity index (χ1n) is 4.62. The third kappa shape index (κ3) is 4.81. The van der Waals surface area contributed by atoms with Gasteiger partial charge in [-0.15, -0.1) is 0 Å². The first-order chi connectivity index (χ1) is 7.33. The van der Waals surface area contributed by atoms with Gasteiger partial charge in [-0.05, 0) is 5.56 Å². The van der Waals surface area contributed by atoms with Crippen LogP contribution in [0.5, 0.6) is 0 Å². The molecule has 1 aromatic carbocycles. The van der Waals surface area contributed by atoms with Crippen LogP contribution < -0.4 is 5.32 Å². The molecule has 4 nitrogen and oxygen atoms in total. The highest BCUT2D eigenvalue weighted by molar-refractivity contribution is 5.71. The number of rotatable bonds is 5. The molecule has 1 aromatic rings. The van der Waals surface area contributed by atoms with Crippen LogP contribution in [0.3, 0.4) is 0 Å². The SMILES string of the molecule is O=[C]CNC(=O)OCCc1ccccc1. The van der Waals surface area contributed by atoms with Crippen LogP contribution in [0.2, 0.25) is 0 Å². The van der Waals surface area contributed by atoms with Gasteiger partial charge in [0.1, 0.15) is 0 Å². The molecule has 79 valence electrons. The average Bonchev–Trinajstić information content (AvgIpc) is 2.28. The second kappa shape index (κ2) is 6.59. The molecule has 1 radical (unpaired) electrons. The number of hydrogen-bond donors (Lipinski definition) is 1. The average molecular weight is 206 g/mol. The molecule has 0 fully saturated rings. The van der Waals surface area contributed by atoms with Gasteiger partial charge in [-0.1, -0.05) is 30.3 Å². The Labute approximate surface area is 88.2 Å². The third-order valence-electron chi connectivity index (χ3n) is 1.77. The Morgan fingerprint density at radius 3 is 2.73 bits per heavy atom. The van der Waals surface area contributed by atoms with Gasteiger partial charge in [-0.3, -0.25) is 4.79 Å². The van der Waals surface area contributed by atoms with Crippen molar-refractivity contribution in [3.63, 3.8) is 0 Å². The van der Waals surface area contributed by atoms with Crippen molar-refractivity contribution >= 4 is 12.4 Å². The van der Waals surface area contributed by atoms with E-state index in [-0.39, 0.29) is 6.54 Å². The zero-order chi connectivity index (χ0) is 10.9. The van der Waals surface area contributed by atoms with Crippen LogP contribution in [0.15, 0.2) is 30.3 Å². The summed E-state index contributed by atoms with van der Waals surface area (Å²) >= 11 is 0. The number of nitrogens with one attached hydrogen (secondary N) is 1. The highest BCUT2D eigenvalue weighted by Crippen LogP contribution is 1.99. The summed E-state index contributed by atoms with van der Waals surface area (Å²) in [5.41, 5.74) is 1.10. The maximum Gasteiger partial charge on any atom is 0.407 e. The van der Waals surface area contributed by atoms with E-state index in [4.69, 9.17) is 4.74 Å². The summed E-state index contributed by atoms with van der Waals surface area (Å²) in [7, 11) is 0. The molecule has 15 heavy (non-hydrogen) atoms. The zero-order valence-corrected chi connectivity index (χ0v) is 8.23. The van der Waals surface area contributed by atoms with Gasteiger partial charge in [0.15, 0.2) is 0 Å². The molecule has 0 spiro atoms. The summed E-state index contributed by atoms with van der Waals surface area (Å²) in [6.45, 7) is 0.166. The molecule has 0 aliphatic heterocycles. The van der Waals surface area contributed by atoms with Crippen LogP contribution in [-0.4, -0.2) is 25.5 Å². The van der Waals surface area contributed by atoms with Gasteiger partial charge in [0.25, 0.3) is 0 Å². The molecule has 0 unspecified atom stereocenters. The standard InChI is InChI=1S/C11H12NO3/c13-8-7-12-11(14)15-9-6-10-4-2-1-3-5-10/h1-5H,6-7,9H2,(H,12,14). The third-order valence-corrected chi connectivity index (χ3v) is 1.77. The molecule has 0 heterocycles. The largest absolute Gasteiger partial charge is 0.449 e. The highest BCUT2D eigenvalue weighted by Gasteiger charge is 2.00. The van der Waals surface area contributed by atoms with Gasteiger partial charge >= 0.3 is 6.09 Å². The summed E-state index contributed by atoms with van der Waals surface area (Å²) in [4.78, 5) is 20.7. The monoisotopic (exact) mass is 206 g/mol. The second-order valence-electron chi connectivity index (χ2n) is 2.87. The maximum atomic E-state index is 10.9. The number of alkyl carbamates (subject to hydrolysis) is 1. The number of carbonyl (C=O) groups is 1. The van der Waals surface area contributed by atoms with Crippen molar-refractivity contribution in [1.29, 1.82) is 0 Å². The van der Waals surface area contributed by atoms with E-state index in [1.54, 1.807) is 6.29 Å². The van der Waals surface area contributed by atoms with E-state index < -0.39 is 6.09 Å². The van der Waals surface area contributed by atoms with E-state index in [2.05, 4.69) is 5.32 Å². The Bertz CT molecular complexity index is 311. The molecule has 0 aliphatic rings. The van der Waals surface area contributed by atoms with Crippen molar-refractivity contribution in [2.75, 3.05) is 13.2 Å². The van der Waals surface area contributed by atoms with Crippen molar-refractivity contribution in [3.8, 4) is 0 Å². The Balaban J connectivity index is 2.16. The number of carbonyl (C=O) groups excluding carboxylic acids is 2. The lowest BCUT2D eigenvalue weighted by atomic mass is 10.2. The van der Waals surface area contributed by atoms with Crippen LogP contribution in [0.25, 0.3) is 0 Å². The second-order valence-corrected chi connectivity index (χ2v) is 2.87. The molecular weight excluding hydrogens is 194 g/mol. The van der Waals surface area contributed by atoms with Gasteiger partial charge in [0, 0.05) is 6.42 Å². The van der Waals surface area contributed by atoms with Crippen molar-refractivity contribution in [2.24, 2.45) is 0 Å². The van der Waals surface area contributed by atoms with Gasteiger partial charge < -0.3 is 10.1 Å². The molecule has 0 bridgehead atoms. The lowest BCUT2D eigenvalue weighted by Gasteiger charge is -2.04. The van der Waals surface area contributed by atoms with Gasteiger partial charge in [-0.2, -0.15) is 0 Å². The first-order valence-corrected chi connectivity index (χ1v) is 4.62. The molecule has 4 heteroatoms. The number of amides is 1. The normalized spacial score (nSPS) is 9.33. The van der Waals surface area contributed by atoms with Crippen LogP contribution in [0, 0.1) is 0 Å². The summed E-state index contributed by atoms with van der Waals surface area (Å²) in [6.07, 6.45) is 1.62. The minimum absolute atomic E-state index is 0.135. The lowest BCUT2D eigenvalue weighted by Crippen LogP contribution is -2.26. The van der Waals surface area contributed by atoms with Crippen molar-refractivity contribution < 1.29 is 14.3 Å². The van der Waals surface area contributed by atoms with Crippen LogP contribution in [-0.2, 0) is 16.0 Å². The Morgan fingerprint density at radius 1 is 1.33 bits per heavy atom. The molecule has 0 aromatic heterocycles. The maximum absolute atomic E-state index is 10.9. The Hall–Kier alpha value is -1.84. The molecule has 1 N–H and O–H groups in total. The van der Waals surface area contributed by atoms with Crippen LogP contribution in [0.1, 0.15) is 5.56 Å². The van der Waals surface area contributed by atoms with Crippen LogP contribution in [0.4, 0.5) is 4.79 Å². The number of ether oxygens (including phenoxy) is 1. The Morgan fingerprint density at radius 2 is 2.07 bits per heavy atom. The van der Waals surface area contributed by atoms with E-state index in [0.717, 1.165) is 5.56 Å². The fourth-order valence-corrected chi connectivity index (χ4v) is 1.07. The van der Waals surface area contributed by atoms with Gasteiger partial charge in [0.2, 0.25) is 6.29 Å². The van der Waals surface area contributed by atoms with Gasteiger partial charge in [0.05, 0.1) is 13.2 Å². The molecule has 0 saturated heterocycles. The van der Waals surface area contributed by atoms with E-state index in [1.807, 2.05) is 30.3 Å². The quantitative estimate of drug-likeness (QED) is 0.783. The topological polar surface area (TPSA) is 55.4 Å². The summed E-state index contributed by atoms with van der Waals surface area (Å²) in [5, 5.41) is 2.23. The van der Waals surface area contributed by atoms with Gasteiger partial charge in [-0.25, -0.2) is 4.79 Å². The lowest BCUT2D eigenvalue weighted by molar-refractivity contribution is 0.149. The zero-order valence-electron chi connectivity index (χ0n) is 8.23. The van der Waals surface area contributed by atoms with Crippen molar-refractivity contribution in [3.05, 3.63) is 35.9 Å². The van der Waals surface area contributed by atoms with E-state index in [9.17, 15) is 9.59 Å². The summed E-state index contributed by atoms with van der Waals surface area (Å²) < 4.78 is 4.82. The molecule has 1 amide bonds. The summed E-state index contributed by atoms with van der Waals surface area (Å²) in [5.74, 6) is 0. The van der Waals surface area contributed by atoms with E-state index in [1.165, 1.54) is 0 Å². The van der Waals surface area contributed by atoms with Crippen molar-refractivity contribution in [2.45, 2.75) is 6.42 Å².